The van der Waals surface area contributed by atoms with Crippen LogP contribution in [0.5, 0.6) is 0 Å². The molecule has 0 bridgehead atoms. The SMILES string of the molecule is CC(CNc1ccccc1)N1CCCc2ccccc21. The molecular weight excluding hydrogens is 244 g/mol. The first kappa shape index (κ1) is 13.0. The molecule has 0 aromatic heterocycles. The summed E-state index contributed by atoms with van der Waals surface area (Å²) in [4.78, 5) is 2.54. The molecule has 1 N–H and O–H groups in total. The smallest absolute Gasteiger partial charge is 0.0434 e. The fraction of sp³-hybridized carbons (Fsp3) is 0.333. The first-order valence-electron chi connectivity index (χ1n) is 7.48. The van der Waals surface area contributed by atoms with Crippen LogP contribution < -0.4 is 10.2 Å². The number of fused-ring (bicyclic) bond motifs is 1. The summed E-state index contributed by atoms with van der Waals surface area (Å²) in [6.07, 6.45) is 2.47. The van der Waals surface area contributed by atoms with Gasteiger partial charge in [-0.3, -0.25) is 0 Å². The minimum Gasteiger partial charge on any atom is -0.383 e. The Hall–Kier alpha value is -1.96. The molecule has 104 valence electrons. The van der Waals surface area contributed by atoms with Crippen molar-refractivity contribution < 1.29 is 0 Å². The van der Waals surface area contributed by atoms with Crippen molar-refractivity contribution in [3.8, 4) is 0 Å². The molecule has 20 heavy (non-hydrogen) atoms. The number of hydrogen-bond donors (Lipinski definition) is 1. The molecule has 0 radical (unpaired) electrons. The fourth-order valence-corrected chi connectivity index (χ4v) is 2.95. The molecule has 2 heteroatoms. The maximum Gasteiger partial charge on any atom is 0.0434 e. The van der Waals surface area contributed by atoms with Gasteiger partial charge in [-0.1, -0.05) is 36.4 Å². The molecule has 1 aliphatic heterocycles. The monoisotopic (exact) mass is 266 g/mol. The van der Waals surface area contributed by atoms with E-state index >= 15 is 0 Å². The van der Waals surface area contributed by atoms with Crippen molar-refractivity contribution in [2.75, 3.05) is 23.3 Å². The van der Waals surface area contributed by atoms with E-state index in [0.29, 0.717) is 6.04 Å². The molecular formula is C18H22N2. The third kappa shape index (κ3) is 2.79. The molecule has 2 aromatic rings. The van der Waals surface area contributed by atoms with E-state index in [4.69, 9.17) is 0 Å². The Labute approximate surface area is 121 Å². The first-order chi connectivity index (χ1) is 9.84. The summed E-state index contributed by atoms with van der Waals surface area (Å²) >= 11 is 0. The number of para-hydroxylation sites is 2. The number of aryl methyl sites for hydroxylation is 1. The van der Waals surface area contributed by atoms with Crippen molar-refractivity contribution in [3.63, 3.8) is 0 Å². The maximum absolute atomic E-state index is 3.53. The third-order valence-corrected chi connectivity index (χ3v) is 4.05. The average Bonchev–Trinajstić information content (AvgIpc) is 2.53. The van der Waals surface area contributed by atoms with Crippen LogP contribution in [0.3, 0.4) is 0 Å². The van der Waals surface area contributed by atoms with Gasteiger partial charge in [-0.05, 0) is 43.5 Å². The average molecular weight is 266 g/mol. The summed E-state index contributed by atoms with van der Waals surface area (Å²) in [6.45, 7) is 4.44. The highest BCUT2D eigenvalue weighted by Gasteiger charge is 2.20. The van der Waals surface area contributed by atoms with Crippen LogP contribution >= 0.6 is 0 Å². The summed E-state index contributed by atoms with van der Waals surface area (Å²) in [7, 11) is 0. The van der Waals surface area contributed by atoms with Crippen molar-refractivity contribution in [1.82, 2.24) is 0 Å². The number of hydrogen-bond acceptors (Lipinski definition) is 2. The van der Waals surface area contributed by atoms with Gasteiger partial charge in [-0.15, -0.1) is 0 Å². The van der Waals surface area contributed by atoms with Crippen molar-refractivity contribution >= 4 is 11.4 Å². The van der Waals surface area contributed by atoms with E-state index in [-0.39, 0.29) is 0 Å². The minimum atomic E-state index is 0.497. The summed E-state index contributed by atoms with van der Waals surface area (Å²) in [5.74, 6) is 0. The van der Waals surface area contributed by atoms with Crippen LogP contribution in [0.4, 0.5) is 11.4 Å². The lowest BCUT2D eigenvalue weighted by Crippen LogP contribution is -2.41. The summed E-state index contributed by atoms with van der Waals surface area (Å²) in [6, 6.07) is 19.8. The van der Waals surface area contributed by atoms with Crippen LogP contribution in [0.15, 0.2) is 54.6 Å². The third-order valence-electron chi connectivity index (χ3n) is 4.05. The fourth-order valence-electron chi connectivity index (χ4n) is 2.95. The molecule has 0 saturated heterocycles. The molecule has 3 rings (SSSR count). The maximum atomic E-state index is 3.53. The van der Waals surface area contributed by atoms with E-state index in [0.717, 1.165) is 13.1 Å². The Morgan fingerprint density at radius 1 is 1.05 bits per heavy atom. The van der Waals surface area contributed by atoms with Crippen LogP contribution in [0.2, 0.25) is 0 Å². The number of anilines is 2. The van der Waals surface area contributed by atoms with E-state index in [1.54, 1.807) is 0 Å². The summed E-state index contributed by atoms with van der Waals surface area (Å²) < 4.78 is 0. The molecule has 0 aliphatic carbocycles. The van der Waals surface area contributed by atoms with Crippen LogP contribution in [0.1, 0.15) is 18.9 Å². The van der Waals surface area contributed by atoms with Gasteiger partial charge in [0.25, 0.3) is 0 Å². The van der Waals surface area contributed by atoms with E-state index in [9.17, 15) is 0 Å². The number of benzene rings is 2. The molecule has 2 nitrogen and oxygen atoms in total. The van der Waals surface area contributed by atoms with Crippen LogP contribution in [-0.4, -0.2) is 19.1 Å². The van der Waals surface area contributed by atoms with Crippen molar-refractivity contribution in [1.29, 1.82) is 0 Å². The molecule has 1 unspecified atom stereocenters. The molecule has 0 amide bonds. The zero-order valence-corrected chi connectivity index (χ0v) is 12.0. The van der Waals surface area contributed by atoms with Crippen LogP contribution in [-0.2, 0) is 6.42 Å². The van der Waals surface area contributed by atoms with Gasteiger partial charge >= 0.3 is 0 Å². The van der Waals surface area contributed by atoms with Crippen molar-refractivity contribution in [2.24, 2.45) is 0 Å². The molecule has 1 heterocycles. The van der Waals surface area contributed by atoms with Gasteiger partial charge in [0.15, 0.2) is 0 Å². The van der Waals surface area contributed by atoms with Crippen molar-refractivity contribution in [2.45, 2.75) is 25.8 Å². The number of nitrogens with one attached hydrogen (secondary N) is 1. The Balaban J connectivity index is 1.67. The van der Waals surface area contributed by atoms with Gasteiger partial charge < -0.3 is 10.2 Å². The van der Waals surface area contributed by atoms with E-state index in [2.05, 4.69) is 71.7 Å². The first-order valence-corrected chi connectivity index (χ1v) is 7.48. The standard InChI is InChI=1S/C18H22N2/c1-15(14-19-17-10-3-2-4-11-17)20-13-7-9-16-8-5-6-12-18(16)20/h2-6,8,10-12,15,19H,7,9,13-14H2,1H3. The summed E-state index contributed by atoms with van der Waals surface area (Å²) in [5, 5.41) is 3.53. The predicted octanol–water partition coefficient (Wildman–Crippen LogP) is 3.94. The number of nitrogens with zero attached hydrogens (tertiary/aromatic N) is 1. The van der Waals surface area contributed by atoms with Crippen LogP contribution in [0.25, 0.3) is 0 Å². The summed E-state index contributed by atoms with van der Waals surface area (Å²) in [5.41, 5.74) is 4.11. The zero-order chi connectivity index (χ0) is 13.8. The highest BCUT2D eigenvalue weighted by Crippen LogP contribution is 2.28. The van der Waals surface area contributed by atoms with E-state index < -0.39 is 0 Å². The largest absolute Gasteiger partial charge is 0.383 e. The topological polar surface area (TPSA) is 15.3 Å². The lowest BCUT2D eigenvalue weighted by atomic mass is 10.0. The van der Waals surface area contributed by atoms with Gasteiger partial charge in [-0.25, -0.2) is 0 Å². The van der Waals surface area contributed by atoms with Gasteiger partial charge in [0.05, 0.1) is 0 Å². The second kappa shape index (κ2) is 6.00. The quantitative estimate of drug-likeness (QED) is 0.901. The second-order valence-corrected chi connectivity index (χ2v) is 5.52. The van der Waals surface area contributed by atoms with Gasteiger partial charge in [-0.2, -0.15) is 0 Å². The molecule has 1 atom stereocenters. The highest BCUT2D eigenvalue weighted by molar-refractivity contribution is 5.56. The molecule has 0 spiro atoms. The second-order valence-electron chi connectivity index (χ2n) is 5.52. The molecule has 2 aromatic carbocycles. The Morgan fingerprint density at radius 2 is 1.80 bits per heavy atom. The zero-order valence-electron chi connectivity index (χ0n) is 12.0. The predicted molar refractivity (Wildman–Crippen MR) is 86.5 cm³/mol. The van der Waals surface area contributed by atoms with E-state index in [1.807, 2.05) is 0 Å². The highest BCUT2D eigenvalue weighted by atomic mass is 15.2. The minimum absolute atomic E-state index is 0.497. The van der Waals surface area contributed by atoms with Gasteiger partial charge in [0.1, 0.15) is 0 Å². The van der Waals surface area contributed by atoms with Gasteiger partial charge in [0, 0.05) is 30.5 Å². The van der Waals surface area contributed by atoms with Crippen LogP contribution in [0, 0.1) is 0 Å². The normalized spacial score (nSPS) is 15.6. The lowest BCUT2D eigenvalue weighted by molar-refractivity contribution is 0.609. The van der Waals surface area contributed by atoms with Crippen molar-refractivity contribution in [3.05, 3.63) is 60.2 Å². The lowest BCUT2D eigenvalue weighted by Gasteiger charge is -2.36. The Kier molecular flexibility index (Phi) is 3.91. The molecule has 0 saturated carbocycles. The Bertz CT molecular complexity index is 550. The van der Waals surface area contributed by atoms with E-state index in [1.165, 1.54) is 29.8 Å². The number of rotatable bonds is 4. The molecule has 0 fully saturated rings. The Morgan fingerprint density at radius 3 is 2.65 bits per heavy atom. The molecule has 1 aliphatic rings. The van der Waals surface area contributed by atoms with Gasteiger partial charge in [0.2, 0.25) is 0 Å².